The average Bonchev–Trinajstić information content (AvgIpc) is 3.09. The lowest BCUT2D eigenvalue weighted by Gasteiger charge is -2.32. The molecule has 19 heteroatoms. The minimum absolute atomic E-state index is 0. The number of benzene rings is 1. The van der Waals surface area contributed by atoms with Crippen LogP contribution in [0.1, 0.15) is 72.8 Å². The molecule has 0 aliphatic rings. The number of esters is 1. The maximum atomic E-state index is 12.5. The molecule has 328 valence electrons. The number of phosphoric ester groups is 1. The second-order valence-electron chi connectivity index (χ2n) is 15.9. The molecule has 56 heavy (non-hydrogen) atoms. The van der Waals surface area contributed by atoms with Crippen molar-refractivity contribution in [1.29, 1.82) is 5.26 Å². The molecule has 13 nitrogen and oxygen atoms in total. The summed E-state index contributed by atoms with van der Waals surface area (Å²) in [6.45, 7) is 12.2. The zero-order valence-electron chi connectivity index (χ0n) is 36.1. The molecule has 1 rings (SSSR count). The highest BCUT2D eigenvalue weighted by molar-refractivity contribution is 8.23. The van der Waals surface area contributed by atoms with Crippen LogP contribution in [0.25, 0.3) is 0 Å². The van der Waals surface area contributed by atoms with Gasteiger partial charge in [-0.05, 0) is 44.9 Å². The largest absolute Gasteiger partial charge is 1.00 e. The van der Waals surface area contributed by atoms with Gasteiger partial charge in [-0.2, -0.15) is 25.1 Å². The lowest BCUT2D eigenvalue weighted by Crippen LogP contribution is -3.00. The molecule has 5 unspecified atom stereocenters. The lowest BCUT2D eigenvalue weighted by atomic mass is 9.72. The molecule has 0 saturated carbocycles. The number of nitrogens with one attached hydrogen (secondary N) is 1. The van der Waals surface area contributed by atoms with Crippen molar-refractivity contribution in [1.82, 2.24) is 5.32 Å². The summed E-state index contributed by atoms with van der Waals surface area (Å²) in [4.78, 5) is 46.2. The molecular formula is C37H72ClN4O9P3S2. The van der Waals surface area contributed by atoms with Crippen molar-refractivity contribution in [3.63, 3.8) is 0 Å². The highest BCUT2D eigenvalue weighted by Gasteiger charge is 2.41. The molecule has 1 N–H and O–H groups in total. The van der Waals surface area contributed by atoms with E-state index in [-0.39, 0.29) is 87.5 Å². The van der Waals surface area contributed by atoms with E-state index in [1.807, 2.05) is 57.4 Å². The minimum Gasteiger partial charge on any atom is -1.00 e. The molecule has 1 amide bonds. The average molecular weight is 910 g/mol. The summed E-state index contributed by atoms with van der Waals surface area (Å²) in [5.41, 5.74) is -1.16. The molecule has 0 spiro atoms. The first-order valence-corrected chi connectivity index (χ1v) is 20.6. The van der Waals surface area contributed by atoms with Gasteiger partial charge in [0.2, 0.25) is 5.91 Å². The standard InChI is InChI=1S/C17H31N2O8P.C12H26N2O.C8H8S2.ClH.2H3P/c1-7-17(3,10-16(2,11-18)12-24-14-20)15(21)25-8-9-26-28(22,23)27-13-19(4,5)6;1-7-12(2,3)11(15)13-9-8-10-14(4,5)6;1-10-8(9)7-5-3-2-4-6-7;;;/h14H,7-10,12-13H2,1-6H3;7-10H2,1-6H3;2-6H,1H3;1H;2*1H3. The number of thioether (sulfide) groups is 1. The van der Waals surface area contributed by atoms with E-state index >= 15 is 0 Å². The number of carbonyl (C=O) groups is 3. The fraction of sp³-hybridized carbons (Fsp3) is 0.703. The Morgan fingerprint density at radius 3 is 1.96 bits per heavy atom. The van der Waals surface area contributed by atoms with Crippen molar-refractivity contribution in [3.05, 3.63) is 35.9 Å². The number of thiocarbonyl (C=S) groups is 1. The number of amides is 1. The van der Waals surface area contributed by atoms with E-state index in [4.69, 9.17) is 21.5 Å². The van der Waals surface area contributed by atoms with Gasteiger partial charge < -0.3 is 45.6 Å². The smallest absolute Gasteiger partial charge is 0.311 e. The topological polar surface area (TPSA) is 164 Å². The Morgan fingerprint density at radius 1 is 0.982 bits per heavy atom. The summed E-state index contributed by atoms with van der Waals surface area (Å²) in [6.07, 6.45) is 4.39. The van der Waals surface area contributed by atoms with Gasteiger partial charge in [-0.1, -0.05) is 70.2 Å². The Labute approximate surface area is 360 Å². The van der Waals surface area contributed by atoms with E-state index in [0.717, 1.165) is 40.2 Å². The molecule has 0 aromatic heterocycles. The van der Waals surface area contributed by atoms with E-state index in [9.17, 15) is 29.1 Å². The maximum absolute atomic E-state index is 12.5. The van der Waals surface area contributed by atoms with Crippen LogP contribution >= 0.6 is 51.6 Å². The number of quaternary nitrogens is 2. The van der Waals surface area contributed by atoms with Crippen LogP contribution in [-0.2, 0) is 37.5 Å². The van der Waals surface area contributed by atoms with Crippen LogP contribution in [0, 0.1) is 27.6 Å². The van der Waals surface area contributed by atoms with Crippen molar-refractivity contribution in [2.24, 2.45) is 16.2 Å². The first kappa shape index (κ1) is 63.9. The summed E-state index contributed by atoms with van der Waals surface area (Å²) in [7, 11) is 7.25. The van der Waals surface area contributed by atoms with Gasteiger partial charge in [-0.3, -0.25) is 23.5 Å². The van der Waals surface area contributed by atoms with Crippen molar-refractivity contribution >= 4 is 74.1 Å². The van der Waals surface area contributed by atoms with Crippen LogP contribution in [0.2, 0.25) is 0 Å². The fourth-order valence-corrected chi connectivity index (χ4v) is 5.50. The van der Waals surface area contributed by atoms with Gasteiger partial charge in [0, 0.05) is 18.4 Å². The Kier molecular flexibility index (Phi) is 35.1. The number of nitrogens with zero attached hydrogens (tertiary/aromatic N) is 3. The molecule has 0 radical (unpaired) electrons. The number of carbonyl (C=O) groups excluding carboxylic acids is 3. The van der Waals surface area contributed by atoms with Crippen LogP contribution in [0.3, 0.4) is 0 Å². The van der Waals surface area contributed by atoms with E-state index in [1.165, 1.54) is 0 Å². The number of rotatable bonds is 21. The van der Waals surface area contributed by atoms with Crippen molar-refractivity contribution in [3.8, 4) is 6.07 Å². The van der Waals surface area contributed by atoms with E-state index in [1.54, 1.807) is 53.7 Å². The van der Waals surface area contributed by atoms with Gasteiger partial charge in [-0.25, -0.2) is 0 Å². The molecule has 0 fully saturated rings. The second-order valence-corrected chi connectivity index (χ2v) is 18.7. The van der Waals surface area contributed by atoms with Crippen LogP contribution < -0.4 is 22.6 Å². The molecule has 0 saturated heterocycles. The molecule has 0 aliphatic heterocycles. The van der Waals surface area contributed by atoms with Crippen molar-refractivity contribution in [2.75, 3.05) is 88.2 Å². The van der Waals surface area contributed by atoms with Crippen LogP contribution in [0.5, 0.6) is 0 Å². The Hall–Kier alpha value is -1.26. The second kappa shape index (κ2) is 30.7. The van der Waals surface area contributed by atoms with Gasteiger partial charge in [0.25, 0.3) is 14.3 Å². The Balaban J connectivity index is -0.000000259. The third kappa shape index (κ3) is 30.8. The summed E-state index contributed by atoms with van der Waals surface area (Å²) in [5, 5.41) is 12.4. The molecular weight excluding hydrogens is 837 g/mol. The van der Waals surface area contributed by atoms with Gasteiger partial charge >= 0.3 is 5.97 Å². The summed E-state index contributed by atoms with van der Waals surface area (Å²) in [5.74, 6) is -0.425. The molecule has 0 aliphatic carbocycles. The lowest BCUT2D eigenvalue weighted by molar-refractivity contribution is -0.887. The Morgan fingerprint density at radius 2 is 1.54 bits per heavy atom. The van der Waals surface area contributed by atoms with E-state index in [0.29, 0.717) is 6.42 Å². The zero-order valence-corrected chi connectivity index (χ0v) is 42.2. The molecule has 1 aromatic carbocycles. The quantitative estimate of drug-likeness (QED) is 0.0366. The predicted octanol–water partition coefficient (Wildman–Crippen LogP) is 2.68. The number of hydrogen-bond acceptors (Lipinski definition) is 12. The number of phosphoric acid groups is 1. The van der Waals surface area contributed by atoms with E-state index in [2.05, 4.69) is 41.8 Å². The number of nitriles is 1. The molecule has 5 atom stereocenters. The Bertz CT molecular complexity index is 1370. The fourth-order valence-electron chi connectivity index (χ4n) is 4.13. The van der Waals surface area contributed by atoms with Crippen LogP contribution in [0.15, 0.2) is 30.3 Å². The third-order valence-electron chi connectivity index (χ3n) is 7.95. The van der Waals surface area contributed by atoms with Crippen LogP contribution in [0.4, 0.5) is 0 Å². The highest BCUT2D eigenvalue weighted by atomic mass is 35.5. The van der Waals surface area contributed by atoms with Gasteiger partial charge in [0.15, 0.2) is 6.73 Å². The molecule has 0 heterocycles. The number of ether oxygens (including phenoxy) is 2. The third-order valence-corrected chi connectivity index (χ3v) is 10.2. The van der Waals surface area contributed by atoms with Gasteiger partial charge in [-0.15, -0.1) is 11.8 Å². The predicted molar refractivity (Wildman–Crippen MR) is 236 cm³/mol. The first-order valence-electron chi connectivity index (χ1n) is 17.5. The monoisotopic (exact) mass is 908 g/mol. The van der Waals surface area contributed by atoms with Crippen molar-refractivity contribution < 1.29 is 63.7 Å². The zero-order chi connectivity index (χ0) is 41.6. The van der Waals surface area contributed by atoms with Crippen LogP contribution in [-0.4, -0.2) is 120 Å². The van der Waals surface area contributed by atoms with Gasteiger partial charge in [0.1, 0.15) is 13.2 Å². The van der Waals surface area contributed by atoms with Crippen molar-refractivity contribution in [2.45, 2.75) is 67.2 Å². The minimum atomic E-state index is -4.50. The number of hydrogen-bond donors (Lipinski definition) is 1. The summed E-state index contributed by atoms with van der Waals surface area (Å²) >= 11 is 6.69. The summed E-state index contributed by atoms with van der Waals surface area (Å²) in [6, 6.07) is 12.1. The normalized spacial score (nSPS) is 14.1. The van der Waals surface area contributed by atoms with E-state index < -0.39 is 24.6 Å². The first-order chi connectivity index (χ1) is 24.3. The van der Waals surface area contributed by atoms with Gasteiger partial charge in [0.05, 0.1) is 76.5 Å². The SMILES string of the molecule is CCC(C)(C)C(=O)NCCC[N+](C)(C)C.CCC(C)(CC(C)(C#N)COC=O)C(=O)OCCOP(=O)([O-])OC[N+](C)(C)C.CSC(=S)c1ccccc1.P.P.[Cl-]. The summed E-state index contributed by atoms with van der Waals surface area (Å²) < 4.78 is 33.1. The molecule has 0 bridgehead atoms. The highest BCUT2D eigenvalue weighted by Crippen LogP contribution is 2.39. The molecule has 1 aromatic rings. The number of halogens is 1. The maximum Gasteiger partial charge on any atom is 0.311 e.